The summed E-state index contributed by atoms with van der Waals surface area (Å²) in [6.45, 7) is 0. The smallest absolute Gasteiger partial charge is 0.253 e. The highest BCUT2D eigenvalue weighted by Gasteiger charge is 2.48. The van der Waals surface area contributed by atoms with Crippen molar-refractivity contribution in [2.75, 3.05) is 14.2 Å². The van der Waals surface area contributed by atoms with Crippen LogP contribution < -0.4 is 0 Å². The van der Waals surface area contributed by atoms with Crippen molar-refractivity contribution in [1.82, 2.24) is 15.1 Å². The van der Waals surface area contributed by atoms with Gasteiger partial charge in [0.25, 0.3) is 5.91 Å². The summed E-state index contributed by atoms with van der Waals surface area (Å²) in [5, 5.41) is 7.90. The second kappa shape index (κ2) is 5.09. The van der Waals surface area contributed by atoms with E-state index in [0.717, 1.165) is 29.3 Å². The molecule has 2 bridgehead atoms. The summed E-state index contributed by atoms with van der Waals surface area (Å²) in [5.74, 6) is 1.31. The van der Waals surface area contributed by atoms with Gasteiger partial charge in [0.05, 0.1) is 17.8 Å². The van der Waals surface area contributed by atoms with Crippen LogP contribution in [0.25, 0.3) is 10.9 Å². The molecule has 22 heavy (non-hydrogen) atoms. The fourth-order valence-electron chi connectivity index (χ4n) is 4.39. The zero-order chi connectivity index (χ0) is 15.3. The van der Waals surface area contributed by atoms with Crippen LogP contribution >= 0.6 is 0 Å². The molecule has 4 rings (SSSR count). The number of aromatic amines is 1. The van der Waals surface area contributed by atoms with Gasteiger partial charge in [0, 0.05) is 31.1 Å². The minimum atomic E-state index is 0.106. The van der Waals surface area contributed by atoms with Crippen LogP contribution in [0.2, 0.25) is 0 Å². The molecule has 1 aromatic heterocycles. The van der Waals surface area contributed by atoms with Crippen LogP contribution in [0.5, 0.6) is 0 Å². The number of carbonyl (C=O) groups is 1. The van der Waals surface area contributed by atoms with E-state index in [2.05, 4.69) is 10.2 Å². The molecule has 1 heterocycles. The predicted molar refractivity (Wildman–Crippen MR) is 83.6 cm³/mol. The number of nitrogens with one attached hydrogen (secondary N) is 1. The highest BCUT2D eigenvalue weighted by Crippen LogP contribution is 2.47. The van der Waals surface area contributed by atoms with Gasteiger partial charge in [-0.05, 0) is 49.3 Å². The Morgan fingerprint density at radius 3 is 2.91 bits per heavy atom. The third-order valence-electron chi connectivity index (χ3n) is 5.56. The summed E-state index contributed by atoms with van der Waals surface area (Å²) < 4.78 is 5.54. The molecular weight excluding hydrogens is 278 g/mol. The first-order valence-corrected chi connectivity index (χ1v) is 7.90. The number of amides is 1. The fourth-order valence-corrected chi connectivity index (χ4v) is 4.39. The Morgan fingerprint density at radius 2 is 2.18 bits per heavy atom. The number of rotatable bonds is 3. The molecular formula is C17H21N3O2. The van der Waals surface area contributed by atoms with Crippen molar-refractivity contribution in [1.29, 1.82) is 0 Å². The van der Waals surface area contributed by atoms with E-state index >= 15 is 0 Å². The average molecular weight is 299 g/mol. The maximum Gasteiger partial charge on any atom is 0.253 e. The molecule has 2 aliphatic rings. The van der Waals surface area contributed by atoms with E-state index in [0.29, 0.717) is 24.0 Å². The van der Waals surface area contributed by atoms with E-state index in [4.69, 9.17) is 4.74 Å². The van der Waals surface area contributed by atoms with Crippen molar-refractivity contribution in [3.8, 4) is 0 Å². The Balaban J connectivity index is 1.53. The number of fused-ring (bicyclic) bond motifs is 3. The quantitative estimate of drug-likeness (QED) is 0.947. The molecule has 5 heteroatoms. The van der Waals surface area contributed by atoms with Crippen LogP contribution in [-0.4, -0.2) is 47.3 Å². The zero-order valence-corrected chi connectivity index (χ0v) is 13.0. The van der Waals surface area contributed by atoms with Crippen LogP contribution in [0.3, 0.4) is 0 Å². The number of hydrogen-bond acceptors (Lipinski definition) is 3. The fraction of sp³-hybridized carbons (Fsp3) is 0.529. The molecule has 0 saturated heterocycles. The third-order valence-corrected chi connectivity index (χ3v) is 5.56. The maximum absolute atomic E-state index is 12.8. The summed E-state index contributed by atoms with van der Waals surface area (Å²) >= 11 is 0. The SMILES string of the molecule is COC1CC2CC1CC2N(C)C(=O)c1ccc2[nH]ncc2c1. The van der Waals surface area contributed by atoms with Gasteiger partial charge in [-0.25, -0.2) is 0 Å². The lowest BCUT2D eigenvalue weighted by Crippen LogP contribution is -2.42. The second-order valence-electron chi connectivity index (χ2n) is 6.66. The summed E-state index contributed by atoms with van der Waals surface area (Å²) in [7, 11) is 3.74. The molecule has 1 aromatic carbocycles. The molecule has 4 atom stereocenters. The van der Waals surface area contributed by atoms with Crippen LogP contribution in [0.4, 0.5) is 0 Å². The number of H-pyrrole nitrogens is 1. The molecule has 1 amide bonds. The molecule has 0 spiro atoms. The van der Waals surface area contributed by atoms with Crippen LogP contribution in [0, 0.1) is 11.8 Å². The molecule has 2 saturated carbocycles. The minimum absolute atomic E-state index is 0.106. The van der Waals surface area contributed by atoms with Gasteiger partial charge in [0.2, 0.25) is 0 Å². The van der Waals surface area contributed by atoms with Gasteiger partial charge in [0.1, 0.15) is 0 Å². The minimum Gasteiger partial charge on any atom is -0.381 e. The molecule has 2 aliphatic carbocycles. The molecule has 0 radical (unpaired) electrons. The van der Waals surface area contributed by atoms with E-state index in [9.17, 15) is 4.79 Å². The number of hydrogen-bond donors (Lipinski definition) is 1. The van der Waals surface area contributed by atoms with Crippen molar-refractivity contribution >= 4 is 16.8 Å². The van der Waals surface area contributed by atoms with Crippen molar-refractivity contribution in [3.63, 3.8) is 0 Å². The van der Waals surface area contributed by atoms with E-state index in [1.807, 2.05) is 30.1 Å². The topological polar surface area (TPSA) is 58.2 Å². The van der Waals surface area contributed by atoms with Crippen LogP contribution in [0.15, 0.2) is 24.4 Å². The van der Waals surface area contributed by atoms with Crippen LogP contribution in [0.1, 0.15) is 29.6 Å². The van der Waals surface area contributed by atoms with Gasteiger partial charge in [-0.3, -0.25) is 9.89 Å². The highest BCUT2D eigenvalue weighted by molar-refractivity contribution is 5.97. The van der Waals surface area contributed by atoms with Crippen molar-refractivity contribution in [3.05, 3.63) is 30.0 Å². The largest absolute Gasteiger partial charge is 0.381 e. The molecule has 5 nitrogen and oxygen atoms in total. The third kappa shape index (κ3) is 2.03. The molecule has 4 unspecified atom stereocenters. The first-order chi connectivity index (χ1) is 10.7. The number of nitrogens with zero attached hydrogens (tertiary/aromatic N) is 2. The Bertz CT molecular complexity index is 711. The summed E-state index contributed by atoms with van der Waals surface area (Å²) in [6.07, 6.45) is 5.50. The normalized spacial score (nSPS) is 30.1. The Morgan fingerprint density at radius 1 is 1.32 bits per heavy atom. The van der Waals surface area contributed by atoms with Gasteiger partial charge in [-0.15, -0.1) is 0 Å². The van der Waals surface area contributed by atoms with Gasteiger partial charge in [-0.1, -0.05) is 0 Å². The van der Waals surface area contributed by atoms with Gasteiger partial charge >= 0.3 is 0 Å². The van der Waals surface area contributed by atoms with Gasteiger partial charge in [0.15, 0.2) is 0 Å². The lowest BCUT2D eigenvalue weighted by Gasteiger charge is -2.34. The Labute approximate surface area is 129 Å². The van der Waals surface area contributed by atoms with Crippen LogP contribution in [-0.2, 0) is 4.74 Å². The predicted octanol–water partition coefficient (Wildman–Crippen LogP) is 2.45. The summed E-state index contributed by atoms with van der Waals surface area (Å²) in [6, 6.07) is 6.07. The Hall–Kier alpha value is -1.88. The summed E-state index contributed by atoms with van der Waals surface area (Å²) in [5.41, 5.74) is 1.70. The summed E-state index contributed by atoms with van der Waals surface area (Å²) in [4.78, 5) is 14.7. The van der Waals surface area contributed by atoms with E-state index in [-0.39, 0.29) is 5.91 Å². The van der Waals surface area contributed by atoms with Gasteiger partial charge in [-0.2, -0.15) is 5.10 Å². The number of methoxy groups -OCH3 is 1. The van der Waals surface area contributed by atoms with Crippen molar-refractivity contribution in [2.45, 2.75) is 31.4 Å². The van der Waals surface area contributed by atoms with Crippen molar-refractivity contribution in [2.24, 2.45) is 11.8 Å². The monoisotopic (exact) mass is 299 g/mol. The molecule has 116 valence electrons. The van der Waals surface area contributed by atoms with Crippen molar-refractivity contribution < 1.29 is 9.53 Å². The van der Waals surface area contributed by atoms with E-state index < -0.39 is 0 Å². The number of aromatic nitrogens is 2. The Kier molecular flexibility index (Phi) is 3.18. The number of carbonyl (C=O) groups excluding carboxylic acids is 1. The number of benzene rings is 1. The molecule has 1 N–H and O–H groups in total. The van der Waals surface area contributed by atoms with E-state index in [1.54, 1.807) is 13.3 Å². The highest BCUT2D eigenvalue weighted by atomic mass is 16.5. The lowest BCUT2D eigenvalue weighted by atomic mass is 9.91. The lowest BCUT2D eigenvalue weighted by molar-refractivity contribution is 0.0313. The maximum atomic E-state index is 12.8. The molecule has 2 fully saturated rings. The average Bonchev–Trinajstić information content (AvgIpc) is 3.26. The molecule has 2 aromatic rings. The number of ether oxygens (including phenoxy) is 1. The van der Waals surface area contributed by atoms with Gasteiger partial charge < -0.3 is 9.64 Å². The second-order valence-corrected chi connectivity index (χ2v) is 6.66. The first kappa shape index (κ1) is 13.8. The molecule has 0 aliphatic heterocycles. The first-order valence-electron chi connectivity index (χ1n) is 7.90. The standard InChI is InChI=1S/C17H21N3O2/c1-20(15-7-12-6-11(15)8-16(12)22-2)17(21)10-3-4-14-13(5-10)9-18-19-14/h3-5,9,11-12,15-16H,6-8H2,1-2H3,(H,18,19). The van der Waals surface area contributed by atoms with E-state index in [1.165, 1.54) is 6.42 Å². The zero-order valence-electron chi connectivity index (χ0n) is 13.0.